The van der Waals surface area contributed by atoms with Crippen molar-refractivity contribution >= 4 is 11.9 Å². The van der Waals surface area contributed by atoms with Gasteiger partial charge in [0.05, 0.1) is 25.4 Å². The lowest BCUT2D eigenvalue weighted by atomic mass is 10.0. The van der Waals surface area contributed by atoms with Gasteiger partial charge in [0.15, 0.2) is 0 Å². The van der Waals surface area contributed by atoms with E-state index >= 15 is 0 Å². The van der Waals surface area contributed by atoms with E-state index in [1.807, 2.05) is 6.08 Å². The number of esters is 1. The van der Waals surface area contributed by atoms with E-state index in [9.17, 15) is 19.8 Å². The maximum absolute atomic E-state index is 12.5. The fraction of sp³-hybridized carbons (Fsp3) is 0.857. The molecule has 0 rings (SSSR count). The molecule has 6 nitrogen and oxygen atoms in total. The summed E-state index contributed by atoms with van der Waals surface area (Å²) in [5.74, 6) is -0.0627. The molecule has 0 aliphatic rings. The normalized spacial score (nSPS) is 12.8. The third-order valence-corrected chi connectivity index (χ3v) is 15.6. The fourth-order valence-corrected chi connectivity index (χ4v) is 10.4. The van der Waals surface area contributed by atoms with Crippen LogP contribution in [0, 0.1) is 0 Å². The Balaban J connectivity index is 3.41. The number of unbranched alkanes of at least 4 members (excludes halogenated alkanes) is 46. The Morgan fingerprint density at radius 1 is 0.368 bits per heavy atom. The van der Waals surface area contributed by atoms with Crippen LogP contribution in [-0.2, 0) is 14.3 Å². The van der Waals surface area contributed by atoms with Gasteiger partial charge in [-0.3, -0.25) is 9.59 Å². The van der Waals surface area contributed by atoms with Gasteiger partial charge in [0.25, 0.3) is 0 Å². The fourth-order valence-electron chi connectivity index (χ4n) is 10.4. The van der Waals surface area contributed by atoms with Crippen molar-refractivity contribution in [2.24, 2.45) is 0 Å². The zero-order valence-corrected chi connectivity index (χ0v) is 51.0. The summed E-state index contributed by atoms with van der Waals surface area (Å²) in [5, 5.41) is 23.2. The first-order chi connectivity index (χ1) is 37.5. The third kappa shape index (κ3) is 61.0. The number of hydrogen-bond acceptors (Lipinski definition) is 5. The van der Waals surface area contributed by atoms with Crippen LogP contribution in [0.3, 0.4) is 0 Å². The van der Waals surface area contributed by atoms with Crippen LogP contribution in [0.5, 0.6) is 0 Å². The number of aliphatic hydroxyl groups is 2. The highest BCUT2D eigenvalue weighted by molar-refractivity contribution is 5.76. The minimum Gasteiger partial charge on any atom is -0.466 e. The van der Waals surface area contributed by atoms with Gasteiger partial charge in [-0.25, -0.2) is 0 Å². The van der Waals surface area contributed by atoms with Crippen molar-refractivity contribution in [2.45, 2.75) is 373 Å². The quantitative estimate of drug-likeness (QED) is 0.0320. The zero-order chi connectivity index (χ0) is 55.0. The maximum Gasteiger partial charge on any atom is 0.305 e. The van der Waals surface area contributed by atoms with Gasteiger partial charge in [-0.05, 0) is 89.9 Å². The number of ether oxygens (including phenoxy) is 1. The lowest BCUT2D eigenvalue weighted by Crippen LogP contribution is -2.45. The van der Waals surface area contributed by atoms with Gasteiger partial charge in [0, 0.05) is 12.8 Å². The van der Waals surface area contributed by atoms with Crippen LogP contribution in [0.1, 0.15) is 361 Å². The van der Waals surface area contributed by atoms with Crippen LogP contribution in [0.4, 0.5) is 0 Å². The monoisotopic (exact) mass is 1070 g/mol. The molecule has 0 saturated carbocycles. The first-order valence-corrected chi connectivity index (χ1v) is 33.9. The first-order valence-electron chi connectivity index (χ1n) is 33.9. The highest BCUT2D eigenvalue weighted by Gasteiger charge is 2.18. The van der Waals surface area contributed by atoms with Crippen molar-refractivity contribution in [3.05, 3.63) is 48.6 Å². The predicted octanol–water partition coefficient (Wildman–Crippen LogP) is 21.7. The summed E-state index contributed by atoms with van der Waals surface area (Å²) in [6, 6.07) is -0.632. The molecule has 3 N–H and O–H groups in total. The largest absolute Gasteiger partial charge is 0.466 e. The zero-order valence-electron chi connectivity index (χ0n) is 51.0. The molecule has 0 radical (unpaired) electrons. The van der Waals surface area contributed by atoms with E-state index in [4.69, 9.17) is 4.74 Å². The molecule has 76 heavy (non-hydrogen) atoms. The smallest absolute Gasteiger partial charge is 0.305 e. The number of aliphatic hydroxyl groups excluding tert-OH is 2. The molecule has 0 bridgehead atoms. The van der Waals surface area contributed by atoms with Crippen LogP contribution in [-0.4, -0.2) is 47.4 Å². The molecule has 0 fully saturated rings. The van der Waals surface area contributed by atoms with Crippen LogP contribution >= 0.6 is 0 Å². The molecule has 0 spiro atoms. The number of rotatable bonds is 63. The van der Waals surface area contributed by atoms with E-state index in [0.717, 1.165) is 51.4 Å². The minimum absolute atomic E-state index is 0.00832. The van der Waals surface area contributed by atoms with Gasteiger partial charge in [-0.2, -0.15) is 0 Å². The molecule has 0 aliphatic heterocycles. The summed E-state index contributed by atoms with van der Waals surface area (Å²) >= 11 is 0. The van der Waals surface area contributed by atoms with Crippen LogP contribution in [0.15, 0.2) is 48.6 Å². The molecule has 0 saturated heterocycles. The summed E-state index contributed by atoms with van der Waals surface area (Å²) in [7, 11) is 0. The first kappa shape index (κ1) is 73.8. The van der Waals surface area contributed by atoms with Gasteiger partial charge < -0.3 is 20.3 Å². The summed E-state index contributed by atoms with van der Waals surface area (Å²) in [4.78, 5) is 24.6. The molecular weight excluding hydrogens is 935 g/mol. The molecule has 0 aromatic heterocycles. The molecule has 2 atom stereocenters. The van der Waals surface area contributed by atoms with Crippen molar-refractivity contribution in [2.75, 3.05) is 13.2 Å². The number of amides is 1. The van der Waals surface area contributed by atoms with Crippen molar-refractivity contribution in [3.8, 4) is 0 Å². The molecule has 2 unspecified atom stereocenters. The molecule has 0 aromatic rings. The second-order valence-corrected chi connectivity index (χ2v) is 23.1. The average Bonchev–Trinajstić information content (AvgIpc) is 3.42. The van der Waals surface area contributed by atoms with E-state index in [2.05, 4.69) is 55.6 Å². The van der Waals surface area contributed by atoms with Gasteiger partial charge in [0.2, 0.25) is 5.91 Å². The summed E-state index contributed by atoms with van der Waals surface area (Å²) < 4.78 is 5.50. The highest BCUT2D eigenvalue weighted by Crippen LogP contribution is 2.17. The number of carbonyl (C=O) groups is 2. The second kappa shape index (κ2) is 65.3. The van der Waals surface area contributed by atoms with E-state index in [1.165, 1.54) is 283 Å². The lowest BCUT2D eigenvalue weighted by Gasteiger charge is -2.20. The molecule has 6 heteroatoms. The minimum atomic E-state index is -0.848. The highest BCUT2D eigenvalue weighted by atomic mass is 16.5. The average molecular weight is 1070 g/mol. The Morgan fingerprint density at radius 3 is 1.04 bits per heavy atom. The Bertz CT molecular complexity index is 1270. The van der Waals surface area contributed by atoms with Crippen LogP contribution in [0.2, 0.25) is 0 Å². The number of carbonyl (C=O) groups excluding carboxylic acids is 2. The summed E-state index contributed by atoms with van der Waals surface area (Å²) in [6.45, 7) is 4.89. The van der Waals surface area contributed by atoms with Gasteiger partial charge in [-0.1, -0.05) is 306 Å². The molecule has 446 valence electrons. The standard InChI is InChI=1S/C70H131NO5/c1-3-5-7-9-11-13-15-17-19-21-28-32-36-40-44-48-52-56-60-64-70(75)76-65-61-57-53-49-45-41-37-33-30-27-25-23-22-24-26-29-31-35-39-43-47-51-55-59-63-69(74)71-67(66-72)68(73)62-58-54-50-46-42-38-34-20-18-16-14-12-10-8-6-4-2/h11,13,17,19,24,26,58,62,67-68,72-73H,3-10,12,14-16,18,20-23,25,27-57,59-61,63-66H2,1-2H3,(H,71,74)/b13-11-,19-17-,26-24-,62-58+. The van der Waals surface area contributed by atoms with Crippen molar-refractivity contribution in [3.63, 3.8) is 0 Å². The Labute approximate surface area is 474 Å². The van der Waals surface area contributed by atoms with Gasteiger partial charge in [0.1, 0.15) is 0 Å². The predicted molar refractivity (Wildman–Crippen MR) is 333 cm³/mol. The number of hydrogen-bond donors (Lipinski definition) is 3. The van der Waals surface area contributed by atoms with Crippen LogP contribution in [0.25, 0.3) is 0 Å². The second-order valence-electron chi connectivity index (χ2n) is 23.1. The topological polar surface area (TPSA) is 95.9 Å². The Hall–Kier alpha value is -2.18. The molecule has 0 aliphatic carbocycles. The number of allylic oxidation sites excluding steroid dienone is 7. The SMILES string of the molecule is CCCCC/C=C\C/C=C\CCCCCCCCCCCC(=O)OCCCCCCCCCCCCCC/C=C\CCCCCCCCCCC(=O)NC(CO)C(O)/C=C/CCCCCCCCCCCCCCCC. The summed E-state index contributed by atoms with van der Waals surface area (Å²) in [6.07, 6.45) is 84.5. The van der Waals surface area contributed by atoms with E-state index < -0.39 is 12.1 Å². The van der Waals surface area contributed by atoms with Crippen molar-refractivity contribution in [1.29, 1.82) is 0 Å². The maximum atomic E-state index is 12.5. The van der Waals surface area contributed by atoms with Crippen LogP contribution < -0.4 is 5.32 Å². The molecule has 1 amide bonds. The summed E-state index contributed by atoms with van der Waals surface area (Å²) in [5.41, 5.74) is 0. The third-order valence-electron chi connectivity index (χ3n) is 15.6. The molecular formula is C70H131NO5. The lowest BCUT2D eigenvalue weighted by molar-refractivity contribution is -0.143. The van der Waals surface area contributed by atoms with Crippen molar-refractivity contribution < 1.29 is 24.5 Å². The molecule has 0 heterocycles. The van der Waals surface area contributed by atoms with Gasteiger partial charge >= 0.3 is 5.97 Å². The Kier molecular flexibility index (Phi) is 63.5. The van der Waals surface area contributed by atoms with E-state index in [1.54, 1.807) is 6.08 Å². The van der Waals surface area contributed by atoms with E-state index in [-0.39, 0.29) is 18.5 Å². The molecule has 0 aromatic carbocycles. The van der Waals surface area contributed by atoms with E-state index in [0.29, 0.717) is 19.4 Å². The Morgan fingerprint density at radius 2 is 0.658 bits per heavy atom. The van der Waals surface area contributed by atoms with Gasteiger partial charge in [-0.15, -0.1) is 0 Å². The van der Waals surface area contributed by atoms with Crippen molar-refractivity contribution in [1.82, 2.24) is 5.32 Å². The number of nitrogens with one attached hydrogen (secondary N) is 1.